The summed E-state index contributed by atoms with van der Waals surface area (Å²) in [6.07, 6.45) is 2.06. The molecule has 0 heterocycles. The third-order valence-corrected chi connectivity index (χ3v) is 2.81. The lowest BCUT2D eigenvalue weighted by molar-refractivity contribution is -0.119. The summed E-state index contributed by atoms with van der Waals surface area (Å²) in [7, 11) is 1.45. The molecule has 2 amide bonds. The van der Waals surface area contributed by atoms with E-state index in [1.54, 1.807) is 24.3 Å². The van der Waals surface area contributed by atoms with Crippen LogP contribution in [0.3, 0.4) is 0 Å². The van der Waals surface area contributed by atoms with Gasteiger partial charge < -0.3 is 21.1 Å². The molecule has 0 saturated carbocycles. The number of nitrogens with one attached hydrogen (secondary N) is 2. The number of benzene rings is 1. The van der Waals surface area contributed by atoms with E-state index in [1.807, 2.05) is 6.92 Å². The Kier molecular flexibility index (Phi) is 7.42. The lowest BCUT2D eigenvalue weighted by Gasteiger charge is -2.11. The second-order valence-corrected chi connectivity index (χ2v) is 4.86. The molecular weight excluding hydrogens is 270 g/mol. The van der Waals surface area contributed by atoms with E-state index in [-0.39, 0.29) is 30.9 Å². The van der Waals surface area contributed by atoms with Crippen molar-refractivity contribution < 1.29 is 14.3 Å². The monoisotopic (exact) mass is 293 g/mol. The van der Waals surface area contributed by atoms with Gasteiger partial charge >= 0.3 is 0 Å². The smallest absolute Gasteiger partial charge is 0.250 e. The molecule has 116 valence electrons. The van der Waals surface area contributed by atoms with Crippen LogP contribution in [-0.2, 0) is 14.3 Å². The van der Waals surface area contributed by atoms with Crippen LogP contribution in [0.15, 0.2) is 24.3 Å². The molecule has 0 fully saturated rings. The number of ether oxygens (including phenoxy) is 1. The molecule has 1 aromatic carbocycles. The van der Waals surface area contributed by atoms with Gasteiger partial charge in [0.2, 0.25) is 11.8 Å². The van der Waals surface area contributed by atoms with Gasteiger partial charge in [0.15, 0.2) is 0 Å². The molecule has 0 aliphatic heterocycles. The quantitative estimate of drug-likeness (QED) is 0.680. The zero-order valence-electron chi connectivity index (χ0n) is 12.5. The largest absolute Gasteiger partial charge is 0.375 e. The number of nitrogens with two attached hydrogens (primary N) is 1. The molecule has 1 rings (SSSR count). The molecule has 1 aromatic rings. The molecule has 0 saturated heterocycles. The molecule has 0 radical (unpaired) electrons. The first kappa shape index (κ1) is 17.1. The third-order valence-electron chi connectivity index (χ3n) is 2.81. The summed E-state index contributed by atoms with van der Waals surface area (Å²) in [6, 6.07) is 6.82. The van der Waals surface area contributed by atoms with Crippen molar-refractivity contribution in [3.8, 4) is 0 Å². The van der Waals surface area contributed by atoms with Crippen molar-refractivity contribution in [1.29, 1.82) is 0 Å². The number of hydrogen-bond acceptors (Lipinski definition) is 4. The van der Waals surface area contributed by atoms with Crippen molar-refractivity contribution in [1.82, 2.24) is 0 Å². The fourth-order valence-corrected chi connectivity index (χ4v) is 1.93. The molecular formula is C15H23N3O3. The van der Waals surface area contributed by atoms with Gasteiger partial charge in [-0.25, -0.2) is 0 Å². The SMILES string of the molecule is CCCC(N)CC(=O)Nc1cccc(NC(=O)COC)c1. The van der Waals surface area contributed by atoms with Gasteiger partial charge in [0.1, 0.15) is 6.61 Å². The van der Waals surface area contributed by atoms with E-state index >= 15 is 0 Å². The van der Waals surface area contributed by atoms with Crippen LogP contribution in [0.2, 0.25) is 0 Å². The fraction of sp³-hybridized carbons (Fsp3) is 0.467. The Morgan fingerprint density at radius 3 is 2.43 bits per heavy atom. The number of methoxy groups -OCH3 is 1. The number of carbonyl (C=O) groups is 2. The van der Waals surface area contributed by atoms with E-state index in [1.165, 1.54) is 7.11 Å². The highest BCUT2D eigenvalue weighted by Crippen LogP contribution is 2.15. The number of hydrogen-bond donors (Lipinski definition) is 3. The zero-order valence-corrected chi connectivity index (χ0v) is 12.5. The normalized spacial score (nSPS) is 11.8. The third kappa shape index (κ3) is 6.87. The lowest BCUT2D eigenvalue weighted by atomic mass is 10.1. The summed E-state index contributed by atoms with van der Waals surface area (Å²) in [6.45, 7) is 2.02. The van der Waals surface area contributed by atoms with Crippen LogP contribution in [0.4, 0.5) is 11.4 Å². The summed E-state index contributed by atoms with van der Waals surface area (Å²) >= 11 is 0. The fourth-order valence-electron chi connectivity index (χ4n) is 1.93. The number of anilines is 2. The van der Waals surface area contributed by atoms with E-state index in [2.05, 4.69) is 10.6 Å². The van der Waals surface area contributed by atoms with Crippen LogP contribution in [0.1, 0.15) is 26.2 Å². The Balaban J connectivity index is 2.55. The Labute approximate surface area is 125 Å². The van der Waals surface area contributed by atoms with Crippen LogP contribution in [0.25, 0.3) is 0 Å². The summed E-state index contributed by atoms with van der Waals surface area (Å²) in [4.78, 5) is 23.3. The topological polar surface area (TPSA) is 93.5 Å². The van der Waals surface area contributed by atoms with E-state index in [4.69, 9.17) is 10.5 Å². The Bertz CT molecular complexity index is 477. The highest BCUT2D eigenvalue weighted by atomic mass is 16.5. The van der Waals surface area contributed by atoms with Crippen molar-refractivity contribution in [2.45, 2.75) is 32.2 Å². The summed E-state index contributed by atoms with van der Waals surface area (Å²) < 4.78 is 4.74. The Morgan fingerprint density at radius 1 is 1.24 bits per heavy atom. The molecule has 0 spiro atoms. The van der Waals surface area contributed by atoms with Gasteiger partial charge in [-0.1, -0.05) is 19.4 Å². The first-order valence-electron chi connectivity index (χ1n) is 6.99. The van der Waals surface area contributed by atoms with E-state index in [0.29, 0.717) is 11.4 Å². The minimum Gasteiger partial charge on any atom is -0.375 e. The van der Waals surface area contributed by atoms with Crippen molar-refractivity contribution in [2.24, 2.45) is 5.73 Å². The second kappa shape index (κ2) is 9.10. The first-order valence-corrected chi connectivity index (χ1v) is 6.99. The highest BCUT2D eigenvalue weighted by molar-refractivity contribution is 5.94. The van der Waals surface area contributed by atoms with Crippen LogP contribution < -0.4 is 16.4 Å². The molecule has 0 aliphatic carbocycles. The average Bonchev–Trinajstić information content (AvgIpc) is 2.39. The maximum absolute atomic E-state index is 11.8. The van der Waals surface area contributed by atoms with Gasteiger partial charge in [0, 0.05) is 30.9 Å². The van der Waals surface area contributed by atoms with Crippen molar-refractivity contribution >= 4 is 23.2 Å². The molecule has 6 heteroatoms. The molecule has 4 N–H and O–H groups in total. The van der Waals surface area contributed by atoms with E-state index in [9.17, 15) is 9.59 Å². The molecule has 0 aromatic heterocycles. The van der Waals surface area contributed by atoms with Crippen molar-refractivity contribution in [3.63, 3.8) is 0 Å². The average molecular weight is 293 g/mol. The van der Waals surface area contributed by atoms with Gasteiger partial charge in [-0.05, 0) is 24.6 Å². The summed E-state index contributed by atoms with van der Waals surface area (Å²) in [5.41, 5.74) is 7.06. The maximum Gasteiger partial charge on any atom is 0.250 e. The standard InChI is InChI=1S/C15H23N3O3/c1-3-5-11(16)8-14(19)17-12-6-4-7-13(9-12)18-15(20)10-21-2/h4,6-7,9,11H,3,5,8,10,16H2,1-2H3,(H,17,19)(H,18,20). The second-order valence-electron chi connectivity index (χ2n) is 4.86. The molecule has 21 heavy (non-hydrogen) atoms. The summed E-state index contributed by atoms with van der Waals surface area (Å²) in [5.74, 6) is -0.373. The molecule has 1 atom stereocenters. The van der Waals surface area contributed by atoms with Gasteiger partial charge in [0.25, 0.3) is 0 Å². The van der Waals surface area contributed by atoms with Crippen molar-refractivity contribution in [2.75, 3.05) is 24.4 Å². The van der Waals surface area contributed by atoms with Gasteiger partial charge in [-0.2, -0.15) is 0 Å². The van der Waals surface area contributed by atoms with Gasteiger partial charge in [-0.3, -0.25) is 9.59 Å². The van der Waals surface area contributed by atoms with Gasteiger partial charge in [0.05, 0.1) is 0 Å². The van der Waals surface area contributed by atoms with Crippen LogP contribution >= 0.6 is 0 Å². The predicted octanol–water partition coefficient (Wildman–Crippen LogP) is 1.73. The Morgan fingerprint density at radius 2 is 1.86 bits per heavy atom. The number of rotatable bonds is 8. The minimum atomic E-state index is -0.244. The van der Waals surface area contributed by atoms with Crippen LogP contribution in [0, 0.1) is 0 Å². The van der Waals surface area contributed by atoms with Crippen LogP contribution in [0.5, 0.6) is 0 Å². The molecule has 0 aliphatic rings. The zero-order chi connectivity index (χ0) is 15.7. The molecule has 0 bridgehead atoms. The van der Waals surface area contributed by atoms with E-state index in [0.717, 1.165) is 12.8 Å². The number of amides is 2. The number of carbonyl (C=O) groups excluding carboxylic acids is 2. The molecule has 6 nitrogen and oxygen atoms in total. The predicted molar refractivity (Wildman–Crippen MR) is 83.1 cm³/mol. The minimum absolute atomic E-state index is 0.0115. The van der Waals surface area contributed by atoms with E-state index < -0.39 is 0 Å². The highest BCUT2D eigenvalue weighted by Gasteiger charge is 2.09. The van der Waals surface area contributed by atoms with Crippen LogP contribution in [-0.4, -0.2) is 31.6 Å². The summed E-state index contributed by atoms with van der Waals surface area (Å²) in [5, 5.41) is 5.45. The van der Waals surface area contributed by atoms with Gasteiger partial charge in [-0.15, -0.1) is 0 Å². The lowest BCUT2D eigenvalue weighted by Crippen LogP contribution is -2.26. The maximum atomic E-state index is 11.8. The van der Waals surface area contributed by atoms with Crippen molar-refractivity contribution in [3.05, 3.63) is 24.3 Å². The Hall–Kier alpha value is -1.92. The molecule has 1 unspecified atom stereocenters. The first-order chi connectivity index (χ1) is 10.0.